The summed E-state index contributed by atoms with van der Waals surface area (Å²) >= 11 is 0. The number of carbonyl (C=O) groups is 4. The van der Waals surface area contributed by atoms with Gasteiger partial charge in [-0.25, -0.2) is 4.79 Å². The van der Waals surface area contributed by atoms with E-state index in [-0.39, 0.29) is 49.2 Å². The van der Waals surface area contributed by atoms with Crippen LogP contribution in [0.3, 0.4) is 0 Å². The summed E-state index contributed by atoms with van der Waals surface area (Å²) in [6.45, 7) is 2.68. The Labute approximate surface area is 298 Å². The first-order valence-corrected chi connectivity index (χ1v) is 18.0. The van der Waals surface area contributed by atoms with Crippen LogP contribution in [0.5, 0.6) is 0 Å². The van der Waals surface area contributed by atoms with Crippen molar-refractivity contribution in [1.29, 1.82) is 0 Å². The Morgan fingerprint density at radius 1 is 0.725 bits per heavy atom. The van der Waals surface area contributed by atoms with Crippen LogP contribution in [0.15, 0.2) is 60.7 Å². The number of benzene rings is 3. The van der Waals surface area contributed by atoms with Crippen LogP contribution in [0.2, 0.25) is 0 Å². The van der Waals surface area contributed by atoms with Crippen LogP contribution in [0.1, 0.15) is 61.9 Å². The van der Waals surface area contributed by atoms with Gasteiger partial charge in [-0.05, 0) is 96.2 Å². The van der Waals surface area contributed by atoms with Crippen LogP contribution in [0, 0.1) is 0 Å². The Bertz CT molecular complexity index is 1750. The first-order chi connectivity index (χ1) is 24.9. The number of rotatable bonds is 13. The molecule has 3 aromatic carbocycles. The quantitative estimate of drug-likeness (QED) is 0.187. The number of nitrogens with zero attached hydrogens (tertiary/aromatic N) is 2. The number of nitrogens with one attached hydrogen (secondary N) is 4. The highest BCUT2D eigenvalue weighted by Crippen LogP contribution is 2.56. The van der Waals surface area contributed by atoms with E-state index in [0.717, 1.165) is 67.6 Å². The minimum atomic E-state index is -0.606. The number of alkyl carbamates (subject to hydrolysis) is 1. The van der Waals surface area contributed by atoms with Crippen LogP contribution in [0.25, 0.3) is 22.3 Å². The van der Waals surface area contributed by atoms with E-state index >= 15 is 0 Å². The van der Waals surface area contributed by atoms with Crippen molar-refractivity contribution in [1.82, 2.24) is 20.4 Å². The van der Waals surface area contributed by atoms with E-state index in [1.54, 1.807) is 0 Å². The second-order valence-electron chi connectivity index (χ2n) is 13.7. The SMILES string of the molecule is COC(=O)NCC(=O)N1CCC[C@H]1CNc1ccc(-c2ccc(-c3ccc(NC[C@@H]4CCCN4C(=O)CNC=O)cc3)c3c2C2CCC3O2)cc1. The van der Waals surface area contributed by atoms with Crippen molar-refractivity contribution in [3.63, 3.8) is 0 Å². The molecule has 3 saturated heterocycles. The molecular formula is C39H46N6O6. The lowest BCUT2D eigenvalue weighted by Gasteiger charge is -2.25. The van der Waals surface area contributed by atoms with Gasteiger partial charge in [0.25, 0.3) is 0 Å². The summed E-state index contributed by atoms with van der Waals surface area (Å²) in [6, 6.07) is 21.6. The highest BCUT2D eigenvalue weighted by atomic mass is 16.5. The lowest BCUT2D eigenvalue weighted by atomic mass is 9.81. The normalized spacial score (nSPS) is 21.7. The molecule has 0 aliphatic carbocycles. The summed E-state index contributed by atoms with van der Waals surface area (Å²) in [4.78, 5) is 50.9. The number of fused-ring (bicyclic) bond motifs is 5. The summed E-state index contributed by atoms with van der Waals surface area (Å²) in [6.07, 6.45) is 5.96. The van der Waals surface area contributed by atoms with Gasteiger partial charge in [0.05, 0.1) is 25.9 Å². The maximum atomic E-state index is 12.7. The molecule has 2 bridgehead atoms. The number of hydrogen-bond donors (Lipinski definition) is 4. The minimum Gasteiger partial charge on any atom is -0.453 e. The molecule has 2 unspecified atom stereocenters. The van der Waals surface area contributed by atoms with Gasteiger partial charge in [-0.15, -0.1) is 0 Å². The molecule has 0 radical (unpaired) electrons. The van der Waals surface area contributed by atoms with Crippen LogP contribution in [-0.4, -0.2) is 92.6 Å². The Balaban J connectivity index is 1.00. The summed E-state index contributed by atoms with van der Waals surface area (Å²) in [7, 11) is 1.28. The van der Waals surface area contributed by atoms with Crippen molar-refractivity contribution in [2.24, 2.45) is 0 Å². The third-order valence-electron chi connectivity index (χ3n) is 10.7. The fourth-order valence-electron chi connectivity index (χ4n) is 8.21. The largest absolute Gasteiger partial charge is 0.453 e. The van der Waals surface area contributed by atoms with Gasteiger partial charge < -0.3 is 40.5 Å². The molecule has 51 heavy (non-hydrogen) atoms. The van der Waals surface area contributed by atoms with E-state index in [1.807, 2.05) is 9.80 Å². The predicted molar refractivity (Wildman–Crippen MR) is 194 cm³/mol. The molecule has 12 nitrogen and oxygen atoms in total. The summed E-state index contributed by atoms with van der Waals surface area (Å²) in [5, 5.41) is 12.0. The Morgan fingerprint density at radius 2 is 1.22 bits per heavy atom. The average molecular weight is 695 g/mol. The Kier molecular flexibility index (Phi) is 10.4. The maximum absolute atomic E-state index is 12.7. The molecule has 0 saturated carbocycles. The molecular weight excluding hydrogens is 648 g/mol. The fraction of sp³-hybridized carbons (Fsp3) is 0.436. The van der Waals surface area contributed by atoms with Crippen LogP contribution in [0.4, 0.5) is 16.2 Å². The molecule has 4 N–H and O–H groups in total. The van der Waals surface area contributed by atoms with E-state index in [9.17, 15) is 19.2 Å². The summed E-state index contributed by atoms with van der Waals surface area (Å²) < 4.78 is 11.1. The lowest BCUT2D eigenvalue weighted by Crippen LogP contribution is -2.44. The number of methoxy groups -OCH3 is 1. The minimum absolute atomic E-state index is 0.0381. The third kappa shape index (κ3) is 7.37. The fourth-order valence-corrected chi connectivity index (χ4v) is 8.21. The van der Waals surface area contributed by atoms with Crippen LogP contribution < -0.4 is 21.3 Å². The second-order valence-corrected chi connectivity index (χ2v) is 13.7. The van der Waals surface area contributed by atoms with E-state index in [0.29, 0.717) is 26.0 Å². The third-order valence-corrected chi connectivity index (χ3v) is 10.7. The highest BCUT2D eigenvalue weighted by Gasteiger charge is 2.41. The van der Waals surface area contributed by atoms with Gasteiger partial charge in [0, 0.05) is 49.6 Å². The van der Waals surface area contributed by atoms with Crippen LogP contribution >= 0.6 is 0 Å². The zero-order chi connectivity index (χ0) is 35.3. The summed E-state index contributed by atoms with van der Waals surface area (Å²) in [5.41, 5.74) is 9.29. The van der Waals surface area contributed by atoms with Gasteiger partial charge in [0.1, 0.15) is 6.54 Å². The van der Waals surface area contributed by atoms with Crippen molar-refractivity contribution in [3.8, 4) is 22.3 Å². The molecule has 4 aliphatic heterocycles. The van der Waals surface area contributed by atoms with Gasteiger partial charge in [0.2, 0.25) is 18.2 Å². The molecule has 3 aromatic rings. The molecule has 12 heteroatoms. The highest BCUT2D eigenvalue weighted by molar-refractivity contribution is 5.83. The average Bonchev–Trinajstić information content (AvgIpc) is 4.00. The molecule has 4 heterocycles. The van der Waals surface area contributed by atoms with E-state index in [2.05, 4.69) is 86.7 Å². The zero-order valence-electron chi connectivity index (χ0n) is 29.0. The standard InChI is InChI=1S/C39H46N6O6/c1-50-39(49)43-23-36(48)45-19-3-5-30(45)21-42-28-12-8-26(9-13-28)32-15-14-31(37-33-16-17-34(51-33)38(32)37)25-6-10-27(11-7-25)41-20-29-4-2-18-44(29)35(47)22-40-24-46/h6-15,24,29-30,33-34,41-42H,2-5,16-23H2,1H3,(H,40,46)(H,43,49)/t29-,30-,33?,34?/m0/s1. The van der Waals surface area contributed by atoms with Crippen LogP contribution in [-0.2, 0) is 23.9 Å². The number of anilines is 2. The molecule has 0 aromatic heterocycles. The molecule has 4 aliphatic rings. The van der Waals surface area contributed by atoms with E-state index in [1.165, 1.54) is 29.4 Å². The first-order valence-electron chi connectivity index (χ1n) is 18.0. The molecule has 4 atom stereocenters. The molecule has 4 amide bonds. The van der Waals surface area contributed by atoms with Crippen molar-refractivity contribution in [3.05, 3.63) is 71.8 Å². The number of ether oxygens (including phenoxy) is 2. The van der Waals surface area contributed by atoms with Gasteiger partial charge in [-0.2, -0.15) is 0 Å². The molecule has 3 fully saturated rings. The predicted octanol–water partition coefficient (Wildman–Crippen LogP) is 4.83. The number of carbonyl (C=O) groups excluding carboxylic acids is 4. The van der Waals surface area contributed by atoms with Gasteiger partial charge >= 0.3 is 6.09 Å². The first kappa shape index (κ1) is 34.4. The van der Waals surface area contributed by atoms with Gasteiger partial charge in [-0.3, -0.25) is 14.4 Å². The summed E-state index contributed by atoms with van der Waals surface area (Å²) in [5.74, 6) is -0.148. The van der Waals surface area contributed by atoms with Crippen molar-refractivity contribution in [2.75, 3.05) is 57.0 Å². The van der Waals surface area contributed by atoms with Crippen molar-refractivity contribution < 1.29 is 28.7 Å². The lowest BCUT2D eigenvalue weighted by molar-refractivity contribution is -0.132. The number of hydrogen-bond acceptors (Lipinski definition) is 8. The molecule has 7 rings (SSSR count). The topological polar surface area (TPSA) is 141 Å². The van der Waals surface area contributed by atoms with Gasteiger partial charge in [0.15, 0.2) is 0 Å². The number of amides is 4. The maximum Gasteiger partial charge on any atom is 0.407 e. The monoisotopic (exact) mass is 694 g/mol. The van der Waals surface area contributed by atoms with E-state index < -0.39 is 6.09 Å². The Hall–Kier alpha value is -5.10. The Morgan fingerprint density at radius 3 is 1.69 bits per heavy atom. The molecule has 268 valence electrons. The molecule has 0 spiro atoms. The number of likely N-dealkylation sites (tertiary alicyclic amines) is 2. The van der Waals surface area contributed by atoms with Crippen molar-refractivity contribution >= 4 is 35.7 Å². The van der Waals surface area contributed by atoms with Crippen molar-refractivity contribution in [2.45, 2.75) is 62.8 Å². The zero-order valence-corrected chi connectivity index (χ0v) is 29.0. The second kappa shape index (κ2) is 15.4. The van der Waals surface area contributed by atoms with Gasteiger partial charge in [-0.1, -0.05) is 36.4 Å². The smallest absolute Gasteiger partial charge is 0.407 e. The van der Waals surface area contributed by atoms with E-state index in [4.69, 9.17) is 4.74 Å².